The lowest BCUT2D eigenvalue weighted by Crippen LogP contribution is -2.07. The second kappa shape index (κ2) is 7.42. The van der Waals surface area contributed by atoms with Crippen LogP contribution >= 0.6 is 11.6 Å². The highest BCUT2D eigenvalue weighted by Gasteiger charge is 2.10. The van der Waals surface area contributed by atoms with Crippen LogP contribution in [0, 0.1) is 10.1 Å². The fourth-order valence-corrected chi connectivity index (χ4v) is 2.15. The molecule has 0 bridgehead atoms. The third-order valence-corrected chi connectivity index (χ3v) is 3.26. The smallest absolute Gasteiger partial charge is 0.276 e. The maximum absolute atomic E-state index is 11.9. The van der Waals surface area contributed by atoms with Gasteiger partial charge in [0.1, 0.15) is 5.75 Å². The SMILES string of the molecule is COc1ccc(NC(=O)C=Cc2ccccc2[N+](=O)[O-])cc1Cl. The maximum Gasteiger partial charge on any atom is 0.276 e. The number of amides is 1. The van der Waals surface area contributed by atoms with Crippen LogP contribution < -0.4 is 10.1 Å². The number of nitrogens with one attached hydrogen (secondary N) is 1. The van der Waals surface area contributed by atoms with E-state index in [1.54, 1.807) is 36.4 Å². The number of para-hydroxylation sites is 1. The Hall–Kier alpha value is -2.86. The highest BCUT2D eigenvalue weighted by molar-refractivity contribution is 6.32. The van der Waals surface area contributed by atoms with E-state index in [1.165, 1.54) is 25.3 Å². The molecule has 0 heterocycles. The van der Waals surface area contributed by atoms with Crippen molar-refractivity contribution in [3.63, 3.8) is 0 Å². The molecule has 2 rings (SSSR count). The van der Waals surface area contributed by atoms with Crippen molar-refractivity contribution < 1.29 is 14.5 Å². The van der Waals surface area contributed by atoms with Crippen molar-refractivity contribution >= 4 is 35.0 Å². The minimum absolute atomic E-state index is 0.0657. The molecule has 0 radical (unpaired) electrons. The molecule has 1 N–H and O–H groups in total. The summed E-state index contributed by atoms with van der Waals surface area (Å²) in [5.41, 5.74) is 0.775. The van der Waals surface area contributed by atoms with E-state index in [4.69, 9.17) is 16.3 Å². The van der Waals surface area contributed by atoms with Crippen LogP contribution in [0.15, 0.2) is 48.5 Å². The molecule has 0 atom stereocenters. The largest absolute Gasteiger partial charge is 0.495 e. The van der Waals surface area contributed by atoms with Gasteiger partial charge in [0.15, 0.2) is 0 Å². The van der Waals surface area contributed by atoms with Gasteiger partial charge in [0.25, 0.3) is 5.69 Å². The zero-order valence-electron chi connectivity index (χ0n) is 12.2. The number of anilines is 1. The monoisotopic (exact) mass is 332 g/mol. The van der Waals surface area contributed by atoms with Crippen molar-refractivity contribution in [1.29, 1.82) is 0 Å². The number of rotatable bonds is 5. The second-order valence-corrected chi connectivity index (χ2v) is 4.90. The highest BCUT2D eigenvalue weighted by Crippen LogP contribution is 2.27. The zero-order chi connectivity index (χ0) is 16.8. The number of benzene rings is 2. The summed E-state index contributed by atoms with van der Waals surface area (Å²) in [7, 11) is 1.50. The number of nitro benzene ring substituents is 1. The van der Waals surface area contributed by atoms with Gasteiger partial charge >= 0.3 is 0 Å². The number of hydrogen-bond acceptors (Lipinski definition) is 4. The van der Waals surface area contributed by atoms with Crippen LogP contribution in [0.1, 0.15) is 5.56 Å². The number of carbonyl (C=O) groups is 1. The normalized spacial score (nSPS) is 10.5. The molecule has 7 heteroatoms. The van der Waals surface area contributed by atoms with Crippen LogP contribution in [0.5, 0.6) is 5.75 Å². The fourth-order valence-electron chi connectivity index (χ4n) is 1.89. The molecule has 0 aromatic heterocycles. The summed E-state index contributed by atoms with van der Waals surface area (Å²) in [6.07, 6.45) is 2.61. The number of halogens is 1. The van der Waals surface area contributed by atoms with Gasteiger partial charge in [-0.3, -0.25) is 14.9 Å². The predicted molar refractivity (Wildman–Crippen MR) is 88.8 cm³/mol. The first-order valence-corrected chi connectivity index (χ1v) is 6.95. The quantitative estimate of drug-likeness (QED) is 0.511. The van der Waals surface area contributed by atoms with Crippen molar-refractivity contribution in [2.45, 2.75) is 0 Å². The molecule has 0 aliphatic rings. The summed E-state index contributed by atoms with van der Waals surface area (Å²) < 4.78 is 5.02. The standard InChI is InChI=1S/C16H13ClN2O4/c1-23-15-8-7-12(10-13(15)17)18-16(20)9-6-11-4-2-3-5-14(11)19(21)22/h2-10H,1H3,(H,18,20). The first kappa shape index (κ1) is 16.5. The van der Waals surface area contributed by atoms with Crippen molar-refractivity contribution in [1.82, 2.24) is 0 Å². The maximum atomic E-state index is 11.9. The Balaban J connectivity index is 2.11. The number of nitrogens with zero attached hydrogens (tertiary/aromatic N) is 1. The fraction of sp³-hybridized carbons (Fsp3) is 0.0625. The van der Waals surface area contributed by atoms with Gasteiger partial charge in [0, 0.05) is 17.8 Å². The molecule has 2 aromatic carbocycles. The molecule has 118 valence electrons. The number of carbonyl (C=O) groups excluding carboxylic acids is 1. The molecule has 1 amide bonds. The van der Waals surface area contributed by atoms with Gasteiger partial charge in [-0.1, -0.05) is 23.7 Å². The summed E-state index contributed by atoms with van der Waals surface area (Å²) >= 11 is 5.97. The molecule has 0 spiro atoms. The summed E-state index contributed by atoms with van der Waals surface area (Å²) in [5.74, 6) is 0.0736. The summed E-state index contributed by atoms with van der Waals surface area (Å²) in [4.78, 5) is 22.3. The van der Waals surface area contributed by atoms with Crippen molar-refractivity contribution in [3.05, 3.63) is 69.2 Å². The lowest BCUT2D eigenvalue weighted by Gasteiger charge is -2.06. The van der Waals surface area contributed by atoms with E-state index in [0.717, 1.165) is 0 Å². The number of ether oxygens (including phenoxy) is 1. The van der Waals surface area contributed by atoms with E-state index in [9.17, 15) is 14.9 Å². The second-order valence-electron chi connectivity index (χ2n) is 4.49. The molecule has 23 heavy (non-hydrogen) atoms. The van der Waals surface area contributed by atoms with Gasteiger partial charge in [-0.2, -0.15) is 0 Å². The average molecular weight is 333 g/mol. The molecule has 2 aromatic rings. The van der Waals surface area contributed by atoms with Gasteiger partial charge < -0.3 is 10.1 Å². The minimum Gasteiger partial charge on any atom is -0.495 e. The molecule has 0 saturated carbocycles. The van der Waals surface area contributed by atoms with E-state index in [-0.39, 0.29) is 5.69 Å². The van der Waals surface area contributed by atoms with E-state index < -0.39 is 10.8 Å². The van der Waals surface area contributed by atoms with Gasteiger partial charge in [0.2, 0.25) is 5.91 Å². The Labute approximate surface area is 137 Å². The van der Waals surface area contributed by atoms with Crippen LogP contribution in [-0.2, 0) is 4.79 Å². The lowest BCUT2D eigenvalue weighted by molar-refractivity contribution is -0.385. The third kappa shape index (κ3) is 4.31. The Morgan fingerprint density at radius 2 is 2.04 bits per heavy atom. The Morgan fingerprint density at radius 1 is 1.30 bits per heavy atom. The van der Waals surface area contributed by atoms with E-state index >= 15 is 0 Å². The molecule has 0 aliphatic heterocycles. The number of methoxy groups -OCH3 is 1. The first-order valence-electron chi connectivity index (χ1n) is 6.57. The van der Waals surface area contributed by atoms with Gasteiger partial charge in [-0.05, 0) is 30.3 Å². The first-order chi connectivity index (χ1) is 11.0. The van der Waals surface area contributed by atoms with Gasteiger partial charge in [-0.25, -0.2) is 0 Å². The van der Waals surface area contributed by atoms with Crippen molar-refractivity contribution in [3.8, 4) is 5.75 Å². The summed E-state index contributed by atoms with van der Waals surface area (Å²) in [5, 5.41) is 13.9. The Morgan fingerprint density at radius 3 is 2.70 bits per heavy atom. The van der Waals surface area contributed by atoms with E-state index in [1.807, 2.05) is 0 Å². The number of nitro groups is 1. The molecule has 0 aliphatic carbocycles. The topological polar surface area (TPSA) is 81.5 Å². The van der Waals surface area contributed by atoms with Crippen LogP contribution in [0.25, 0.3) is 6.08 Å². The molecule has 0 fully saturated rings. The average Bonchev–Trinajstić information content (AvgIpc) is 2.53. The molecular formula is C16H13ClN2O4. The van der Waals surface area contributed by atoms with Crippen LogP contribution in [0.3, 0.4) is 0 Å². The molecular weight excluding hydrogens is 320 g/mol. The molecule has 0 unspecified atom stereocenters. The lowest BCUT2D eigenvalue weighted by atomic mass is 10.1. The van der Waals surface area contributed by atoms with Crippen LogP contribution in [-0.4, -0.2) is 17.9 Å². The summed E-state index contributed by atoms with van der Waals surface area (Å²) in [6.45, 7) is 0. The predicted octanol–water partition coefficient (Wildman–Crippen LogP) is 3.91. The third-order valence-electron chi connectivity index (χ3n) is 2.97. The Kier molecular flexibility index (Phi) is 5.32. The number of hydrogen-bond donors (Lipinski definition) is 1. The Bertz CT molecular complexity index is 774. The molecule has 6 nitrogen and oxygen atoms in total. The van der Waals surface area contributed by atoms with Gasteiger partial charge in [-0.15, -0.1) is 0 Å². The summed E-state index contributed by atoms with van der Waals surface area (Å²) in [6, 6.07) is 11.0. The highest BCUT2D eigenvalue weighted by atomic mass is 35.5. The van der Waals surface area contributed by atoms with E-state index in [0.29, 0.717) is 22.0 Å². The van der Waals surface area contributed by atoms with Crippen molar-refractivity contribution in [2.75, 3.05) is 12.4 Å². The minimum atomic E-state index is -0.499. The van der Waals surface area contributed by atoms with Crippen LogP contribution in [0.4, 0.5) is 11.4 Å². The zero-order valence-corrected chi connectivity index (χ0v) is 12.9. The molecule has 0 saturated heterocycles. The van der Waals surface area contributed by atoms with Crippen molar-refractivity contribution in [2.24, 2.45) is 0 Å². The van der Waals surface area contributed by atoms with Crippen LogP contribution in [0.2, 0.25) is 5.02 Å². The van der Waals surface area contributed by atoms with E-state index in [2.05, 4.69) is 5.32 Å². The van der Waals surface area contributed by atoms with Gasteiger partial charge in [0.05, 0.1) is 22.6 Å².